The van der Waals surface area contributed by atoms with Crippen LogP contribution in [0.4, 0.5) is 34.1 Å². The predicted octanol–water partition coefficient (Wildman–Crippen LogP) is 16.4. The average Bonchev–Trinajstić information content (AvgIpc) is 3.32. The Kier molecular flexibility index (Phi) is 10.0. The van der Waals surface area contributed by atoms with Gasteiger partial charge in [-0.2, -0.15) is 0 Å². The minimum Gasteiger partial charge on any atom is -0.310 e. The van der Waals surface area contributed by atoms with Crippen molar-refractivity contribution in [3.63, 3.8) is 0 Å². The van der Waals surface area contributed by atoms with E-state index in [0.29, 0.717) is 0 Å². The van der Waals surface area contributed by atoms with Crippen LogP contribution in [-0.4, -0.2) is 0 Å². The normalized spacial score (nSPS) is 11.3. The van der Waals surface area contributed by atoms with Crippen molar-refractivity contribution in [3.8, 4) is 22.3 Å². The number of anilines is 6. The van der Waals surface area contributed by atoms with E-state index in [0.717, 1.165) is 39.7 Å². The molecular formula is C58H42N2. The van der Waals surface area contributed by atoms with Crippen LogP contribution in [0.25, 0.3) is 56.0 Å². The van der Waals surface area contributed by atoms with Gasteiger partial charge < -0.3 is 9.80 Å². The highest BCUT2D eigenvalue weighted by Crippen LogP contribution is 2.48. The molecule has 10 aromatic carbocycles. The van der Waals surface area contributed by atoms with Gasteiger partial charge in [0.15, 0.2) is 0 Å². The fourth-order valence-electron chi connectivity index (χ4n) is 8.43. The summed E-state index contributed by atoms with van der Waals surface area (Å²) in [5.74, 6) is 0. The first-order valence-corrected chi connectivity index (χ1v) is 20.5. The van der Waals surface area contributed by atoms with Gasteiger partial charge in [0, 0.05) is 34.1 Å². The number of rotatable bonds is 10. The van der Waals surface area contributed by atoms with Crippen LogP contribution in [0.5, 0.6) is 0 Å². The first kappa shape index (κ1) is 36.4. The van der Waals surface area contributed by atoms with Crippen molar-refractivity contribution in [2.45, 2.75) is 0 Å². The number of nitrogens with zero attached hydrogens (tertiary/aromatic N) is 2. The van der Waals surface area contributed by atoms with Crippen molar-refractivity contribution in [1.82, 2.24) is 0 Å². The number of benzene rings is 10. The SMILES string of the molecule is C(=C\c1ccc(-c2c3ccc(N(c4ccccc4)c4ccccc4)cc3c(-c3ccccc3)c3ccc(N(c4ccccc4)c4ccccc4)cc23)cc1)/c1ccccc1. The summed E-state index contributed by atoms with van der Waals surface area (Å²) in [5.41, 5.74) is 13.7. The summed E-state index contributed by atoms with van der Waals surface area (Å²) < 4.78 is 0. The topological polar surface area (TPSA) is 6.48 Å². The zero-order valence-electron chi connectivity index (χ0n) is 33.1. The maximum atomic E-state index is 2.40. The zero-order chi connectivity index (χ0) is 40.1. The van der Waals surface area contributed by atoms with Gasteiger partial charge in [0.1, 0.15) is 0 Å². The van der Waals surface area contributed by atoms with Crippen LogP contribution in [0.1, 0.15) is 11.1 Å². The van der Waals surface area contributed by atoms with Crippen LogP contribution in [0.15, 0.2) is 243 Å². The van der Waals surface area contributed by atoms with Gasteiger partial charge in [-0.3, -0.25) is 0 Å². The molecule has 0 aliphatic carbocycles. The van der Waals surface area contributed by atoms with E-state index in [1.165, 1.54) is 49.4 Å². The van der Waals surface area contributed by atoms with Crippen molar-refractivity contribution in [1.29, 1.82) is 0 Å². The first-order chi connectivity index (χ1) is 29.8. The minimum atomic E-state index is 1.10. The van der Waals surface area contributed by atoms with Gasteiger partial charge in [0.2, 0.25) is 0 Å². The second-order valence-electron chi connectivity index (χ2n) is 15.0. The van der Waals surface area contributed by atoms with E-state index >= 15 is 0 Å². The molecule has 10 rings (SSSR count). The molecule has 0 radical (unpaired) electrons. The highest BCUT2D eigenvalue weighted by atomic mass is 15.1. The third kappa shape index (κ3) is 7.23. The highest BCUT2D eigenvalue weighted by molar-refractivity contribution is 6.22. The molecular weight excluding hydrogens is 725 g/mol. The standard InChI is InChI=1S/C58H42N2/c1-7-19-43(20-8-1)31-32-44-33-35-46(36-34-44)58-54-40-38-51(59(47-23-11-3-12-24-47)48-25-13-4-14-26-48)41-55(54)57(45-21-9-2-10-22-45)53-39-37-52(42-56(53)58)60(49-27-15-5-16-28-49)50-29-17-6-18-30-50/h1-42H/b32-31+. The molecule has 60 heavy (non-hydrogen) atoms. The second kappa shape index (κ2) is 16.5. The quantitative estimate of drug-likeness (QED) is 0.101. The smallest absolute Gasteiger partial charge is 0.0468 e. The molecule has 0 heterocycles. The molecule has 0 atom stereocenters. The second-order valence-corrected chi connectivity index (χ2v) is 15.0. The fraction of sp³-hybridized carbons (Fsp3) is 0. The maximum absolute atomic E-state index is 2.40. The molecule has 0 fully saturated rings. The number of fused-ring (bicyclic) bond motifs is 2. The Morgan fingerprint density at radius 2 is 0.550 bits per heavy atom. The minimum absolute atomic E-state index is 1.10. The molecule has 0 aliphatic heterocycles. The summed E-state index contributed by atoms with van der Waals surface area (Å²) in [6.07, 6.45) is 4.37. The third-order valence-electron chi connectivity index (χ3n) is 11.2. The van der Waals surface area contributed by atoms with Crippen molar-refractivity contribution in [2.24, 2.45) is 0 Å². The Morgan fingerprint density at radius 3 is 0.933 bits per heavy atom. The monoisotopic (exact) mass is 766 g/mol. The van der Waals surface area contributed by atoms with Gasteiger partial charge in [0.05, 0.1) is 0 Å². The molecule has 2 heteroatoms. The molecule has 0 saturated heterocycles. The van der Waals surface area contributed by atoms with E-state index in [9.17, 15) is 0 Å². The molecule has 0 amide bonds. The largest absolute Gasteiger partial charge is 0.310 e. The lowest BCUT2D eigenvalue weighted by atomic mass is 9.85. The average molecular weight is 767 g/mol. The Balaban J connectivity index is 1.25. The number of hydrogen-bond acceptors (Lipinski definition) is 2. The van der Waals surface area contributed by atoms with E-state index in [4.69, 9.17) is 0 Å². The maximum Gasteiger partial charge on any atom is 0.0468 e. The van der Waals surface area contributed by atoms with E-state index in [-0.39, 0.29) is 0 Å². The van der Waals surface area contributed by atoms with Gasteiger partial charge in [-0.15, -0.1) is 0 Å². The van der Waals surface area contributed by atoms with E-state index in [1.807, 2.05) is 0 Å². The van der Waals surface area contributed by atoms with Crippen molar-refractivity contribution >= 4 is 67.8 Å². The van der Waals surface area contributed by atoms with Gasteiger partial charge in [0.25, 0.3) is 0 Å². The van der Waals surface area contributed by atoms with Gasteiger partial charge in [-0.25, -0.2) is 0 Å². The summed E-state index contributed by atoms with van der Waals surface area (Å²) in [6.45, 7) is 0. The summed E-state index contributed by atoms with van der Waals surface area (Å²) >= 11 is 0. The lowest BCUT2D eigenvalue weighted by Gasteiger charge is -2.28. The molecule has 0 N–H and O–H groups in total. The summed E-state index contributed by atoms with van der Waals surface area (Å²) in [5, 5.41) is 4.78. The first-order valence-electron chi connectivity index (χ1n) is 20.5. The van der Waals surface area contributed by atoms with Crippen LogP contribution in [0.3, 0.4) is 0 Å². The van der Waals surface area contributed by atoms with Crippen LogP contribution in [-0.2, 0) is 0 Å². The molecule has 0 bridgehead atoms. The molecule has 0 spiro atoms. The zero-order valence-corrected chi connectivity index (χ0v) is 33.1. The van der Waals surface area contributed by atoms with Gasteiger partial charge in [-0.05, 0) is 128 Å². The highest BCUT2D eigenvalue weighted by Gasteiger charge is 2.22. The summed E-state index contributed by atoms with van der Waals surface area (Å²) in [4.78, 5) is 4.71. The number of para-hydroxylation sites is 4. The summed E-state index contributed by atoms with van der Waals surface area (Å²) in [7, 11) is 0. The van der Waals surface area contributed by atoms with Gasteiger partial charge in [-0.1, -0.05) is 182 Å². The number of hydrogen-bond donors (Lipinski definition) is 0. The lowest BCUT2D eigenvalue weighted by molar-refractivity contribution is 1.29. The van der Waals surface area contributed by atoms with Crippen LogP contribution in [0, 0.1) is 0 Å². The van der Waals surface area contributed by atoms with Crippen molar-refractivity contribution in [3.05, 3.63) is 254 Å². The van der Waals surface area contributed by atoms with Crippen LogP contribution >= 0.6 is 0 Å². The molecule has 0 aromatic heterocycles. The Labute approximate surface area is 352 Å². The molecule has 0 saturated carbocycles. The molecule has 2 nitrogen and oxygen atoms in total. The Morgan fingerprint density at radius 1 is 0.233 bits per heavy atom. The molecule has 10 aromatic rings. The van der Waals surface area contributed by atoms with E-state index in [2.05, 4.69) is 265 Å². The Bertz CT molecular complexity index is 2960. The molecule has 0 aliphatic rings. The Hall–Kier alpha value is -7.94. The predicted molar refractivity (Wildman–Crippen MR) is 257 cm³/mol. The van der Waals surface area contributed by atoms with Crippen LogP contribution < -0.4 is 9.80 Å². The summed E-state index contributed by atoms with van der Waals surface area (Å²) in [6, 6.07) is 87.1. The van der Waals surface area contributed by atoms with Crippen LogP contribution in [0.2, 0.25) is 0 Å². The van der Waals surface area contributed by atoms with E-state index in [1.54, 1.807) is 0 Å². The van der Waals surface area contributed by atoms with Crippen molar-refractivity contribution < 1.29 is 0 Å². The van der Waals surface area contributed by atoms with Gasteiger partial charge >= 0.3 is 0 Å². The lowest BCUT2D eigenvalue weighted by Crippen LogP contribution is -2.10. The van der Waals surface area contributed by atoms with E-state index < -0.39 is 0 Å². The third-order valence-corrected chi connectivity index (χ3v) is 11.2. The molecule has 0 unspecified atom stereocenters. The fourth-order valence-corrected chi connectivity index (χ4v) is 8.43. The van der Waals surface area contributed by atoms with Crippen molar-refractivity contribution in [2.75, 3.05) is 9.80 Å². The molecule has 284 valence electrons.